The Morgan fingerprint density at radius 3 is 2.63 bits per heavy atom. The molecule has 0 aliphatic rings. The number of hydrogen-bond acceptors (Lipinski definition) is 4. The molecular formula is C15H13N3O. The molecular weight excluding hydrogens is 238 g/mol. The molecule has 1 aromatic carbocycles. The van der Waals surface area contributed by atoms with Gasteiger partial charge in [-0.15, -0.1) is 0 Å². The average Bonchev–Trinajstić information content (AvgIpc) is 2.89. The van der Waals surface area contributed by atoms with Gasteiger partial charge < -0.3 is 4.52 Å². The van der Waals surface area contributed by atoms with Gasteiger partial charge in [-0.2, -0.15) is 4.98 Å². The van der Waals surface area contributed by atoms with E-state index in [2.05, 4.69) is 15.1 Å². The maximum atomic E-state index is 5.26. The van der Waals surface area contributed by atoms with Crippen LogP contribution in [0.5, 0.6) is 0 Å². The fraction of sp³-hybridized carbons (Fsp3) is 0.133. The standard InChI is InChI=1S/C15H13N3O/c1-11-7-8-13(10-16-11)15-17-14(19-18-15)9-12-5-3-2-4-6-12/h2-8,10H,9H2,1H3. The van der Waals surface area contributed by atoms with E-state index in [9.17, 15) is 0 Å². The van der Waals surface area contributed by atoms with Gasteiger partial charge in [0.1, 0.15) is 0 Å². The third-order valence-corrected chi connectivity index (χ3v) is 2.84. The SMILES string of the molecule is Cc1ccc(-c2noc(Cc3ccccc3)n2)cn1. The van der Waals surface area contributed by atoms with Gasteiger partial charge in [-0.1, -0.05) is 35.5 Å². The summed E-state index contributed by atoms with van der Waals surface area (Å²) < 4.78 is 5.26. The first-order valence-corrected chi connectivity index (χ1v) is 6.11. The summed E-state index contributed by atoms with van der Waals surface area (Å²) in [5.41, 5.74) is 2.99. The minimum Gasteiger partial charge on any atom is -0.339 e. The van der Waals surface area contributed by atoms with Crippen LogP contribution in [0.2, 0.25) is 0 Å². The molecule has 4 nitrogen and oxygen atoms in total. The van der Waals surface area contributed by atoms with Gasteiger partial charge in [0.15, 0.2) is 0 Å². The van der Waals surface area contributed by atoms with E-state index in [0.29, 0.717) is 18.1 Å². The smallest absolute Gasteiger partial charge is 0.231 e. The Labute approximate surface area is 111 Å². The molecule has 0 spiro atoms. The van der Waals surface area contributed by atoms with Crippen molar-refractivity contribution in [2.45, 2.75) is 13.3 Å². The summed E-state index contributed by atoms with van der Waals surface area (Å²) in [6, 6.07) is 13.9. The number of benzene rings is 1. The van der Waals surface area contributed by atoms with E-state index in [0.717, 1.165) is 16.8 Å². The van der Waals surface area contributed by atoms with Gasteiger partial charge >= 0.3 is 0 Å². The first kappa shape index (κ1) is 11.6. The monoisotopic (exact) mass is 251 g/mol. The average molecular weight is 251 g/mol. The van der Waals surface area contributed by atoms with Gasteiger partial charge in [-0.05, 0) is 24.6 Å². The molecule has 0 bridgehead atoms. The molecule has 3 rings (SSSR count). The summed E-state index contributed by atoms with van der Waals surface area (Å²) in [5, 5.41) is 3.99. The second-order valence-electron chi connectivity index (χ2n) is 4.36. The van der Waals surface area contributed by atoms with Crippen molar-refractivity contribution in [3.05, 3.63) is 65.8 Å². The predicted molar refractivity (Wildman–Crippen MR) is 71.5 cm³/mol. The quantitative estimate of drug-likeness (QED) is 0.718. The van der Waals surface area contributed by atoms with Crippen LogP contribution in [0.4, 0.5) is 0 Å². The van der Waals surface area contributed by atoms with Gasteiger partial charge in [0.25, 0.3) is 0 Å². The Balaban J connectivity index is 1.82. The maximum Gasteiger partial charge on any atom is 0.231 e. The van der Waals surface area contributed by atoms with E-state index < -0.39 is 0 Å². The van der Waals surface area contributed by atoms with Crippen LogP contribution in [-0.2, 0) is 6.42 Å². The lowest BCUT2D eigenvalue weighted by molar-refractivity contribution is 0.385. The van der Waals surface area contributed by atoms with Crippen molar-refractivity contribution in [3.8, 4) is 11.4 Å². The number of rotatable bonds is 3. The molecule has 0 amide bonds. The third kappa shape index (κ3) is 2.68. The van der Waals surface area contributed by atoms with Gasteiger partial charge in [-0.3, -0.25) is 4.98 Å². The zero-order chi connectivity index (χ0) is 13.1. The van der Waals surface area contributed by atoms with E-state index in [4.69, 9.17) is 4.52 Å². The van der Waals surface area contributed by atoms with Crippen molar-refractivity contribution >= 4 is 0 Å². The molecule has 0 radical (unpaired) electrons. The van der Waals surface area contributed by atoms with Crippen LogP contribution >= 0.6 is 0 Å². The van der Waals surface area contributed by atoms with Crippen LogP contribution in [0.1, 0.15) is 17.1 Å². The van der Waals surface area contributed by atoms with Crippen LogP contribution in [0.15, 0.2) is 53.2 Å². The number of aryl methyl sites for hydroxylation is 1. The van der Waals surface area contributed by atoms with Crippen LogP contribution in [0.3, 0.4) is 0 Å². The molecule has 0 N–H and O–H groups in total. The number of hydrogen-bond donors (Lipinski definition) is 0. The molecule has 19 heavy (non-hydrogen) atoms. The molecule has 2 heterocycles. The van der Waals surface area contributed by atoms with E-state index in [-0.39, 0.29) is 0 Å². The highest BCUT2D eigenvalue weighted by Crippen LogP contribution is 2.16. The molecule has 94 valence electrons. The lowest BCUT2D eigenvalue weighted by Crippen LogP contribution is -1.88. The molecule has 0 unspecified atom stereocenters. The van der Waals surface area contributed by atoms with Gasteiger partial charge in [0.2, 0.25) is 11.7 Å². The molecule has 0 aliphatic heterocycles. The normalized spacial score (nSPS) is 10.6. The second-order valence-corrected chi connectivity index (χ2v) is 4.36. The fourth-order valence-electron chi connectivity index (χ4n) is 1.81. The molecule has 2 aromatic heterocycles. The predicted octanol–water partition coefficient (Wildman–Crippen LogP) is 3.03. The van der Waals surface area contributed by atoms with E-state index in [1.807, 2.05) is 49.4 Å². The Kier molecular flexibility index (Phi) is 3.06. The largest absolute Gasteiger partial charge is 0.339 e. The maximum absolute atomic E-state index is 5.26. The highest BCUT2D eigenvalue weighted by molar-refractivity contribution is 5.52. The highest BCUT2D eigenvalue weighted by atomic mass is 16.5. The molecule has 0 fully saturated rings. The topological polar surface area (TPSA) is 51.8 Å². The summed E-state index contributed by atoms with van der Waals surface area (Å²) in [4.78, 5) is 8.61. The summed E-state index contributed by atoms with van der Waals surface area (Å²) in [7, 11) is 0. The van der Waals surface area contributed by atoms with Gasteiger partial charge in [0.05, 0.1) is 6.42 Å². The van der Waals surface area contributed by atoms with Crippen molar-refractivity contribution in [3.63, 3.8) is 0 Å². The van der Waals surface area contributed by atoms with Crippen LogP contribution in [0, 0.1) is 6.92 Å². The number of aromatic nitrogens is 3. The van der Waals surface area contributed by atoms with E-state index >= 15 is 0 Å². The minimum absolute atomic E-state index is 0.582. The summed E-state index contributed by atoms with van der Waals surface area (Å²) >= 11 is 0. The molecule has 4 heteroatoms. The first-order chi connectivity index (χ1) is 9.31. The van der Waals surface area contributed by atoms with Crippen LogP contribution < -0.4 is 0 Å². The fourth-order valence-corrected chi connectivity index (χ4v) is 1.81. The summed E-state index contributed by atoms with van der Waals surface area (Å²) in [6.45, 7) is 1.95. The Morgan fingerprint density at radius 1 is 1.05 bits per heavy atom. The van der Waals surface area contributed by atoms with Crippen molar-refractivity contribution in [2.75, 3.05) is 0 Å². The zero-order valence-corrected chi connectivity index (χ0v) is 10.6. The Morgan fingerprint density at radius 2 is 1.89 bits per heavy atom. The molecule has 0 saturated heterocycles. The Hall–Kier alpha value is -2.49. The van der Waals surface area contributed by atoms with Gasteiger partial charge in [0, 0.05) is 17.5 Å². The second kappa shape index (κ2) is 5.02. The third-order valence-electron chi connectivity index (χ3n) is 2.84. The first-order valence-electron chi connectivity index (χ1n) is 6.11. The molecule has 0 atom stereocenters. The lowest BCUT2D eigenvalue weighted by Gasteiger charge is -1.95. The highest BCUT2D eigenvalue weighted by Gasteiger charge is 2.09. The van der Waals surface area contributed by atoms with Gasteiger partial charge in [-0.25, -0.2) is 0 Å². The van der Waals surface area contributed by atoms with Crippen molar-refractivity contribution in [1.82, 2.24) is 15.1 Å². The summed E-state index contributed by atoms with van der Waals surface area (Å²) in [6.07, 6.45) is 2.40. The number of pyridine rings is 1. The van der Waals surface area contributed by atoms with Crippen molar-refractivity contribution < 1.29 is 4.52 Å². The van der Waals surface area contributed by atoms with E-state index in [1.54, 1.807) is 6.20 Å². The number of nitrogens with zero attached hydrogens (tertiary/aromatic N) is 3. The van der Waals surface area contributed by atoms with Crippen LogP contribution in [-0.4, -0.2) is 15.1 Å². The van der Waals surface area contributed by atoms with Crippen molar-refractivity contribution in [1.29, 1.82) is 0 Å². The molecule has 0 aliphatic carbocycles. The minimum atomic E-state index is 0.582. The van der Waals surface area contributed by atoms with E-state index in [1.165, 1.54) is 0 Å². The van der Waals surface area contributed by atoms with Crippen LogP contribution in [0.25, 0.3) is 11.4 Å². The molecule has 0 saturated carbocycles. The zero-order valence-electron chi connectivity index (χ0n) is 10.6. The van der Waals surface area contributed by atoms with Crippen molar-refractivity contribution in [2.24, 2.45) is 0 Å². The Bertz CT molecular complexity index is 659. The lowest BCUT2D eigenvalue weighted by atomic mass is 10.1. The molecule has 3 aromatic rings. The summed E-state index contributed by atoms with van der Waals surface area (Å²) in [5.74, 6) is 1.19.